The van der Waals surface area contributed by atoms with Crippen LogP contribution in [-0.4, -0.2) is 48.6 Å². The van der Waals surface area contributed by atoms with Crippen molar-refractivity contribution in [3.05, 3.63) is 24.3 Å². The van der Waals surface area contributed by atoms with Gasteiger partial charge >= 0.3 is 0 Å². The fourth-order valence-electron chi connectivity index (χ4n) is 6.57. The van der Waals surface area contributed by atoms with Gasteiger partial charge in [-0.2, -0.15) is 0 Å². The van der Waals surface area contributed by atoms with Crippen molar-refractivity contribution >= 4 is 23.2 Å². The molecule has 0 fully saturated rings. The van der Waals surface area contributed by atoms with E-state index in [0.29, 0.717) is 23.2 Å². The minimum atomic E-state index is -0.531. The van der Waals surface area contributed by atoms with Crippen LogP contribution in [0.3, 0.4) is 0 Å². The summed E-state index contributed by atoms with van der Waals surface area (Å²) in [6, 6.07) is -0.531. The van der Waals surface area contributed by atoms with Crippen LogP contribution >= 0.6 is 11.6 Å². The maximum Gasteiger partial charge on any atom is 0.206 e. The Morgan fingerprint density at radius 3 is 1.11 bits per heavy atom. The first-order valence-electron chi connectivity index (χ1n) is 20.1. The molecule has 0 aromatic heterocycles. The van der Waals surface area contributed by atoms with E-state index in [1.165, 1.54) is 141 Å². The third kappa shape index (κ3) is 31.1. The van der Waals surface area contributed by atoms with Crippen molar-refractivity contribution in [3.8, 4) is 0 Å². The van der Waals surface area contributed by atoms with Crippen molar-refractivity contribution in [1.29, 1.82) is 0 Å². The highest BCUT2D eigenvalue weighted by Gasteiger charge is 2.39. The van der Waals surface area contributed by atoms with Crippen molar-refractivity contribution in [2.75, 3.05) is 26.5 Å². The van der Waals surface area contributed by atoms with Crippen molar-refractivity contribution in [2.24, 2.45) is 0 Å². The first-order chi connectivity index (χ1) is 22.4. The number of unbranched alkanes of at least 4 members (excludes halogenated alkanes) is 22. The zero-order valence-electron chi connectivity index (χ0n) is 31.8. The zero-order chi connectivity index (χ0) is 34.0. The van der Waals surface area contributed by atoms with Crippen LogP contribution in [0.4, 0.5) is 0 Å². The van der Waals surface area contributed by atoms with Gasteiger partial charge in [0.1, 0.15) is 0 Å². The lowest BCUT2D eigenvalue weighted by Crippen LogP contribution is -3.00. The molecule has 0 atom stereocenters. The molecule has 5 heteroatoms. The smallest absolute Gasteiger partial charge is 0.206 e. The van der Waals surface area contributed by atoms with Crippen LogP contribution in [0.2, 0.25) is 0 Å². The number of carbonyl (C=O) groups excluding carboxylic acids is 2. The Bertz CT molecular complexity index is 697. The van der Waals surface area contributed by atoms with Gasteiger partial charge in [-0.25, -0.2) is 0 Å². The van der Waals surface area contributed by atoms with Gasteiger partial charge in [0.2, 0.25) is 6.04 Å². The van der Waals surface area contributed by atoms with Gasteiger partial charge in [-0.05, 0) is 64.2 Å². The lowest BCUT2D eigenvalue weighted by molar-refractivity contribution is -0.897. The first-order valence-corrected chi connectivity index (χ1v) is 20.7. The average molecular weight is 701 g/mol. The number of halogens is 2. The second-order valence-electron chi connectivity index (χ2n) is 14.5. The summed E-state index contributed by atoms with van der Waals surface area (Å²) in [5, 5.41) is 0. The van der Waals surface area contributed by atoms with E-state index < -0.39 is 6.04 Å². The summed E-state index contributed by atoms with van der Waals surface area (Å²) in [6.07, 6.45) is 43.8. The van der Waals surface area contributed by atoms with Gasteiger partial charge in [-0.1, -0.05) is 141 Å². The van der Waals surface area contributed by atoms with Crippen LogP contribution in [0.1, 0.15) is 200 Å². The normalized spacial score (nSPS) is 12.0. The average Bonchev–Trinajstić information content (AvgIpc) is 3.03. The van der Waals surface area contributed by atoms with Crippen molar-refractivity contribution in [1.82, 2.24) is 0 Å². The first kappa shape index (κ1) is 48.5. The summed E-state index contributed by atoms with van der Waals surface area (Å²) in [6.45, 7) is 5.31. The third-order valence-corrected chi connectivity index (χ3v) is 9.81. The maximum absolute atomic E-state index is 13.4. The van der Waals surface area contributed by atoms with Gasteiger partial charge in [0.25, 0.3) is 0 Å². The summed E-state index contributed by atoms with van der Waals surface area (Å²) < 4.78 is 0.445. The van der Waals surface area contributed by atoms with E-state index in [0.717, 1.165) is 38.6 Å². The summed E-state index contributed by atoms with van der Waals surface area (Å²) in [7, 11) is 4.10. The molecule has 278 valence electrons. The quantitative estimate of drug-likeness (QED) is 0.0214. The minimum Gasteiger partial charge on any atom is -1.00 e. The molecule has 0 amide bonds. The second kappa shape index (κ2) is 36.6. The number of allylic oxidation sites excluding steroid dienone is 4. The lowest BCUT2D eigenvalue weighted by Gasteiger charge is -2.36. The highest BCUT2D eigenvalue weighted by molar-refractivity contribution is 6.17. The Balaban J connectivity index is 0. The molecule has 0 saturated carbocycles. The fraction of sp³-hybridized carbons (Fsp3) is 0.857. The molecule has 0 bridgehead atoms. The van der Waals surface area contributed by atoms with E-state index in [-0.39, 0.29) is 24.0 Å². The molecule has 47 heavy (non-hydrogen) atoms. The van der Waals surface area contributed by atoms with E-state index in [2.05, 4.69) is 38.2 Å². The summed E-state index contributed by atoms with van der Waals surface area (Å²) in [4.78, 5) is 26.8. The van der Waals surface area contributed by atoms with E-state index in [4.69, 9.17) is 11.6 Å². The Hall–Kier alpha value is -0.640. The van der Waals surface area contributed by atoms with Gasteiger partial charge in [0.15, 0.2) is 11.6 Å². The molecule has 0 aromatic carbocycles. The largest absolute Gasteiger partial charge is 1.00 e. The molecular formula is C42H79Cl2NO2. The molecule has 0 spiro atoms. The molecule has 0 aliphatic carbocycles. The number of alkyl halides is 1. The molecular weight excluding hydrogens is 621 g/mol. The summed E-state index contributed by atoms with van der Waals surface area (Å²) in [5.74, 6) is 0.865. The standard InChI is InChI=1S/C42H79ClNO2.ClH/c1-5-7-9-11-13-15-17-19-21-23-25-27-29-31-33-36-40(45)42(44(3,4)39-35-38-43)41(46)37-34-32-30-28-26-24-22-20-18-16-14-12-10-8-6-2;/h19-22,42H,5-18,23-39H2,1-4H3;1H/q+1;/p-1/b21-19-,22-20-;. The molecule has 0 radical (unpaired) electrons. The van der Waals surface area contributed by atoms with Crippen LogP contribution in [0.15, 0.2) is 24.3 Å². The lowest BCUT2D eigenvalue weighted by atomic mass is 9.95. The number of hydrogen-bond donors (Lipinski definition) is 0. The molecule has 0 heterocycles. The number of ketones is 2. The highest BCUT2D eigenvalue weighted by atomic mass is 35.5. The van der Waals surface area contributed by atoms with E-state index in [1.54, 1.807) is 0 Å². The Kier molecular flexibility index (Phi) is 37.8. The van der Waals surface area contributed by atoms with Crippen LogP contribution < -0.4 is 12.4 Å². The number of Topliss-reactive ketones (excluding diaryl/α,β-unsaturated/α-hetero) is 2. The number of nitrogens with zero attached hydrogens (tertiary/aromatic N) is 1. The number of likely N-dealkylation sites (N-methyl/N-ethyl adjacent to an activating group) is 1. The van der Waals surface area contributed by atoms with Crippen LogP contribution in [-0.2, 0) is 9.59 Å². The molecule has 0 aliphatic heterocycles. The van der Waals surface area contributed by atoms with Crippen molar-refractivity contribution in [2.45, 2.75) is 206 Å². The van der Waals surface area contributed by atoms with E-state index in [1.807, 2.05) is 14.1 Å². The van der Waals surface area contributed by atoms with Crippen LogP contribution in [0.5, 0.6) is 0 Å². The van der Waals surface area contributed by atoms with Crippen molar-refractivity contribution < 1.29 is 26.5 Å². The van der Waals surface area contributed by atoms with Gasteiger partial charge < -0.3 is 16.9 Å². The van der Waals surface area contributed by atoms with Crippen LogP contribution in [0.25, 0.3) is 0 Å². The molecule has 3 nitrogen and oxygen atoms in total. The topological polar surface area (TPSA) is 34.1 Å². The molecule has 0 unspecified atom stereocenters. The number of hydrogen-bond acceptors (Lipinski definition) is 2. The molecule has 0 rings (SSSR count). The van der Waals surface area contributed by atoms with Gasteiger partial charge in [-0.15, -0.1) is 11.6 Å². The minimum absolute atomic E-state index is 0. The fourth-order valence-corrected chi connectivity index (χ4v) is 6.69. The molecule has 0 saturated heterocycles. The van der Waals surface area contributed by atoms with E-state index in [9.17, 15) is 9.59 Å². The number of rotatable bonds is 36. The highest BCUT2D eigenvalue weighted by Crippen LogP contribution is 2.19. The third-order valence-electron chi connectivity index (χ3n) is 9.55. The summed E-state index contributed by atoms with van der Waals surface area (Å²) >= 11 is 6.00. The van der Waals surface area contributed by atoms with Crippen LogP contribution in [0, 0.1) is 0 Å². The monoisotopic (exact) mass is 700 g/mol. The predicted molar refractivity (Wildman–Crippen MR) is 205 cm³/mol. The van der Waals surface area contributed by atoms with Gasteiger partial charge in [-0.3, -0.25) is 9.59 Å². The Morgan fingerprint density at radius 2 is 0.787 bits per heavy atom. The van der Waals surface area contributed by atoms with Crippen molar-refractivity contribution in [3.63, 3.8) is 0 Å². The number of carbonyl (C=O) groups is 2. The predicted octanol–water partition coefficient (Wildman–Crippen LogP) is 10.3. The maximum atomic E-state index is 13.4. The molecule has 0 aromatic rings. The molecule has 0 N–H and O–H groups in total. The second-order valence-corrected chi connectivity index (χ2v) is 14.9. The van der Waals surface area contributed by atoms with Gasteiger partial charge in [0, 0.05) is 25.1 Å². The van der Waals surface area contributed by atoms with Gasteiger partial charge in [0.05, 0.1) is 20.6 Å². The molecule has 0 aliphatic rings. The Morgan fingerprint density at radius 1 is 0.489 bits per heavy atom. The summed E-state index contributed by atoms with van der Waals surface area (Å²) in [5.41, 5.74) is 0. The van der Waals surface area contributed by atoms with E-state index >= 15 is 0 Å². The number of quaternary nitrogens is 1. The Labute approximate surface area is 305 Å². The zero-order valence-corrected chi connectivity index (χ0v) is 33.3. The SMILES string of the molecule is CCCCCCCC/C=C\CCCCCCCC(=O)C(C(=O)CCCCCCC/C=C\CCCCCCCC)[N+](C)(C)CCCCl.[Cl-].